The van der Waals surface area contributed by atoms with Crippen LogP contribution in [0.5, 0.6) is 5.75 Å². The summed E-state index contributed by atoms with van der Waals surface area (Å²) in [7, 11) is 3.27. The van der Waals surface area contributed by atoms with Gasteiger partial charge in [0.1, 0.15) is 23.5 Å². The fourth-order valence-electron chi connectivity index (χ4n) is 5.47. The SMILES string of the molecule is CC1=C=CN=c2c(n(-c3ccc(OCc4cccc(F)c4)cc3)c(=O)n2-c2cccc(N(C)C(=O)/C=C/C[N+](C)([O-])C3CC3)c2)=C1N. The van der Waals surface area contributed by atoms with Crippen LogP contribution in [0, 0.1) is 11.0 Å². The molecular weight excluding hydrogens is 599 g/mol. The molecule has 3 aromatic carbocycles. The van der Waals surface area contributed by atoms with Gasteiger partial charge in [0.25, 0.3) is 5.91 Å². The number of likely N-dealkylation sites (N-methyl/N-ethyl adjacent to an activating group) is 2. The minimum Gasteiger partial charge on any atom is -0.633 e. The van der Waals surface area contributed by atoms with E-state index in [0.717, 1.165) is 12.8 Å². The summed E-state index contributed by atoms with van der Waals surface area (Å²) in [5, 5.41) is 13.0. The van der Waals surface area contributed by atoms with E-state index in [-0.39, 0.29) is 35.6 Å². The number of imidazole rings is 1. The molecule has 0 bridgehead atoms. The Hall–Kier alpha value is -5.48. The first-order valence-corrected chi connectivity index (χ1v) is 15.3. The average molecular weight is 635 g/mol. The van der Waals surface area contributed by atoms with E-state index in [1.807, 2.05) is 0 Å². The van der Waals surface area contributed by atoms with Crippen molar-refractivity contribution in [2.75, 3.05) is 25.5 Å². The molecule has 240 valence electrons. The number of nitrogens with zero attached hydrogens (tertiary/aromatic N) is 5. The lowest BCUT2D eigenvalue weighted by atomic mass is 10.2. The zero-order valence-electron chi connectivity index (χ0n) is 26.4. The number of carbonyl (C=O) groups excluding carboxylic acids is 1. The predicted octanol–water partition coefficient (Wildman–Crippen LogP) is 3.73. The smallest absolute Gasteiger partial charge is 0.339 e. The van der Waals surface area contributed by atoms with Crippen molar-refractivity contribution >= 4 is 17.3 Å². The lowest BCUT2D eigenvalue weighted by Gasteiger charge is -2.38. The third-order valence-corrected chi connectivity index (χ3v) is 8.40. The summed E-state index contributed by atoms with van der Waals surface area (Å²) in [6.45, 7) is 2.19. The van der Waals surface area contributed by atoms with Crippen LogP contribution in [-0.4, -0.2) is 46.4 Å². The molecule has 1 aliphatic carbocycles. The molecule has 1 amide bonds. The van der Waals surface area contributed by atoms with Gasteiger partial charge in [0.2, 0.25) is 0 Å². The van der Waals surface area contributed by atoms with Gasteiger partial charge >= 0.3 is 5.69 Å². The van der Waals surface area contributed by atoms with E-state index in [0.29, 0.717) is 50.5 Å². The number of anilines is 1. The molecule has 4 aromatic rings. The number of benzene rings is 3. The van der Waals surface area contributed by atoms with Crippen LogP contribution in [-0.2, 0) is 11.4 Å². The number of ether oxygens (including phenoxy) is 1. The Labute approximate surface area is 270 Å². The van der Waals surface area contributed by atoms with Crippen molar-refractivity contribution in [1.29, 1.82) is 0 Å². The normalized spacial score (nSPS) is 15.4. The Morgan fingerprint density at radius 1 is 1.13 bits per heavy atom. The number of rotatable bonds is 10. The minimum atomic E-state index is -0.420. The number of aromatic nitrogens is 2. The molecule has 10 nitrogen and oxygen atoms in total. The number of amides is 1. The van der Waals surface area contributed by atoms with E-state index < -0.39 is 5.69 Å². The molecule has 47 heavy (non-hydrogen) atoms. The highest BCUT2D eigenvalue weighted by Gasteiger charge is 2.34. The van der Waals surface area contributed by atoms with E-state index in [1.165, 1.54) is 38.4 Å². The van der Waals surface area contributed by atoms with Gasteiger partial charge in [-0.1, -0.05) is 23.9 Å². The van der Waals surface area contributed by atoms with Gasteiger partial charge in [0, 0.05) is 37.2 Å². The number of hydrogen-bond acceptors (Lipinski definition) is 6. The van der Waals surface area contributed by atoms with Crippen LogP contribution in [0.4, 0.5) is 10.1 Å². The molecule has 0 saturated heterocycles. The maximum absolute atomic E-state index is 14.2. The van der Waals surface area contributed by atoms with Crippen LogP contribution in [0.15, 0.2) is 112 Å². The van der Waals surface area contributed by atoms with E-state index in [2.05, 4.69) is 10.7 Å². The quantitative estimate of drug-likeness (QED) is 0.124. The molecule has 2 heterocycles. The molecule has 1 aromatic heterocycles. The van der Waals surface area contributed by atoms with Crippen LogP contribution in [0.25, 0.3) is 17.1 Å². The van der Waals surface area contributed by atoms with Crippen molar-refractivity contribution in [1.82, 2.24) is 9.13 Å². The van der Waals surface area contributed by atoms with Gasteiger partial charge in [-0.25, -0.2) is 18.7 Å². The number of hydrogen-bond donors (Lipinski definition) is 1. The summed E-state index contributed by atoms with van der Waals surface area (Å²) in [6.07, 6.45) is 6.34. The van der Waals surface area contributed by atoms with Gasteiger partial charge < -0.3 is 25.2 Å². The van der Waals surface area contributed by atoms with Gasteiger partial charge in [-0.2, -0.15) is 0 Å². The molecule has 0 spiro atoms. The summed E-state index contributed by atoms with van der Waals surface area (Å²) in [6, 6.07) is 20.2. The molecular formula is C36H35FN6O4. The number of hydroxylamine groups is 3. The van der Waals surface area contributed by atoms with Crippen LogP contribution in [0.2, 0.25) is 0 Å². The number of quaternary nitrogens is 1. The second kappa shape index (κ2) is 12.7. The zero-order chi connectivity index (χ0) is 33.3. The van der Waals surface area contributed by atoms with Crippen molar-refractivity contribution < 1.29 is 18.6 Å². The zero-order valence-corrected chi connectivity index (χ0v) is 26.4. The van der Waals surface area contributed by atoms with Crippen LogP contribution in [0.3, 0.4) is 0 Å². The van der Waals surface area contributed by atoms with Gasteiger partial charge in [-0.3, -0.25) is 9.36 Å². The number of halogens is 1. The molecule has 11 heteroatoms. The van der Waals surface area contributed by atoms with Crippen molar-refractivity contribution in [3.63, 3.8) is 0 Å². The van der Waals surface area contributed by atoms with Crippen LogP contribution < -0.4 is 31.9 Å². The highest BCUT2D eigenvalue weighted by molar-refractivity contribution is 6.01. The van der Waals surface area contributed by atoms with E-state index in [1.54, 1.807) is 87.8 Å². The van der Waals surface area contributed by atoms with Crippen molar-refractivity contribution in [3.05, 3.63) is 140 Å². The highest BCUT2D eigenvalue weighted by Crippen LogP contribution is 2.31. The second-order valence-electron chi connectivity index (χ2n) is 11.9. The van der Waals surface area contributed by atoms with Gasteiger partial charge in [-0.15, -0.1) is 0 Å². The van der Waals surface area contributed by atoms with Crippen molar-refractivity contribution in [2.24, 2.45) is 10.7 Å². The standard InChI is InChI=1S/C36H35FN6O4/c1-24-18-19-39-35-34(33(24)38)41(27-12-16-31(17-13-27)47-23-25-7-4-8-26(37)21-25)36(45)42(35)29-10-5-9-28(22-29)40(2)32(44)11-6-20-43(3,46)30-14-15-30/h4-13,16-17,19,21-22,30H,14-15,20,23,38H2,1-3H3/b11-6+. The fraction of sp³-hybridized carbons (Fsp3) is 0.222. The Morgan fingerprint density at radius 2 is 1.87 bits per heavy atom. The van der Waals surface area contributed by atoms with E-state index >= 15 is 0 Å². The maximum atomic E-state index is 14.2. The van der Waals surface area contributed by atoms with Gasteiger partial charge in [0.15, 0.2) is 5.49 Å². The predicted molar refractivity (Wildman–Crippen MR) is 178 cm³/mol. The molecule has 2 N–H and O–H groups in total. The number of nitrogens with two attached hydrogens (primary N) is 1. The Balaban J connectivity index is 1.33. The average Bonchev–Trinajstić information content (AvgIpc) is 3.89. The molecule has 1 atom stereocenters. The first-order valence-electron chi connectivity index (χ1n) is 15.3. The van der Waals surface area contributed by atoms with E-state index in [9.17, 15) is 19.2 Å². The summed E-state index contributed by atoms with van der Waals surface area (Å²) in [5.74, 6) is -0.0977. The molecule has 1 aliphatic heterocycles. The third-order valence-electron chi connectivity index (χ3n) is 8.40. The third kappa shape index (κ3) is 6.59. The molecule has 1 unspecified atom stereocenters. The number of carbonyl (C=O) groups is 1. The first-order chi connectivity index (χ1) is 22.5. The summed E-state index contributed by atoms with van der Waals surface area (Å²) >= 11 is 0. The molecule has 1 fully saturated rings. The van der Waals surface area contributed by atoms with Crippen molar-refractivity contribution in [2.45, 2.75) is 32.4 Å². The fourth-order valence-corrected chi connectivity index (χ4v) is 5.47. The van der Waals surface area contributed by atoms with Crippen LogP contribution in [0.1, 0.15) is 25.3 Å². The molecule has 1 saturated carbocycles. The molecule has 0 radical (unpaired) electrons. The summed E-state index contributed by atoms with van der Waals surface area (Å²) in [5.41, 5.74) is 12.7. The lowest BCUT2D eigenvalue weighted by Crippen LogP contribution is -2.40. The van der Waals surface area contributed by atoms with Crippen LogP contribution >= 0.6 is 0 Å². The Kier molecular flexibility index (Phi) is 8.53. The lowest BCUT2D eigenvalue weighted by molar-refractivity contribution is -0.865. The number of fused-ring (bicyclic) bond motifs is 1. The van der Waals surface area contributed by atoms with Crippen molar-refractivity contribution in [3.8, 4) is 17.1 Å². The largest absolute Gasteiger partial charge is 0.633 e. The minimum absolute atomic E-state index is 0.105. The highest BCUT2D eigenvalue weighted by atomic mass is 19.1. The van der Waals surface area contributed by atoms with Gasteiger partial charge in [-0.05, 0) is 73.2 Å². The first kappa shape index (κ1) is 31.5. The molecule has 2 aliphatic rings. The van der Waals surface area contributed by atoms with Gasteiger partial charge in [0.05, 0.1) is 42.9 Å². The second-order valence-corrected chi connectivity index (χ2v) is 11.9. The monoisotopic (exact) mass is 634 g/mol. The maximum Gasteiger partial charge on any atom is 0.339 e. The van der Waals surface area contributed by atoms with E-state index in [4.69, 9.17) is 10.5 Å². The Morgan fingerprint density at radius 3 is 2.60 bits per heavy atom. The topological polar surface area (TPSA) is 118 Å². The summed E-state index contributed by atoms with van der Waals surface area (Å²) < 4.78 is 22.0. The molecule has 6 rings (SSSR count). The Bertz CT molecular complexity index is 2130. The summed E-state index contributed by atoms with van der Waals surface area (Å²) in [4.78, 5) is 33.3.